The Balaban J connectivity index is 2.19. The Morgan fingerprint density at radius 3 is 2.67 bits per heavy atom. The summed E-state index contributed by atoms with van der Waals surface area (Å²) in [6, 6.07) is 8.37. The predicted octanol–water partition coefficient (Wildman–Crippen LogP) is 1.75. The van der Waals surface area contributed by atoms with E-state index in [4.69, 9.17) is 11.5 Å². The summed E-state index contributed by atoms with van der Waals surface area (Å²) in [5.74, 6) is 0.177. The van der Waals surface area contributed by atoms with Crippen molar-refractivity contribution in [2.24, 2.45) is 16.5 Å². The molecule has 0 bridgehead atoms. The van der Waals surface area contributed by atoms with Gasteiger partial charge in [0.25, 0.3) is 0 Å². The molecule has 0 atom stereocenters. The molecule has 4 heteroatoms. The number of nitrogens with zero attached hydrogens (tertiary/aromatic N) is 1. The van der Waals surface area contributed by atoms with Gasteiger partial charge in [0.1, 0.15) is 0 Å². The van der Waals surface area contributed by atoms with Crippen LogP contribution in [0, 0.1) is 0 Å². The van der Waals surface area contributed by atoms with Crippen molar-refractivity contribution in [1.82, 2.24) is 0 Å². The van der Waals surface area contributed by atoms with Crippen molar-refractivity contribution in [3.05, 3.63) is 34.3 Å². The molecule has 1 saturated carbocycles. The summed E-state index contributed by atoms with van der Waals surface area (Å²) in [4.78, 5) is 4.12. The van der Waals surface area contributed by atoms with Crippen LogP contribution in [0.3, 0.4) is 0 Å². The van der Waals surface area contributed by atoms with Gasteiger partial charge in [0.05, 0.1) is 6.54 Å². The molecule has 1 aliphatic rings. The Hall–Kier alpha value is -1.03. The molecule has 15 heavy (non-hydrogen) atoms. The molecule has 3 nitrogen and oxygen atoms in total. The first-order chi connectivity index (χ1) is 7.12. The largest absolute Gasteiger partial charge is 0.370 e. The summed E-state index contributed by atoms with van der Waals surface area (Å²) in [7, 11) is 0. The second-order valence-electron chi connectivity index (χ2n) is 4.03. The van der Waals surface area contributed by atoms with Crippen LogP contribution in [0.5, 0.6) is 0 Å². The van der Waals surface area contributed by atoms with Crippen molar-refractivity contribution in [3.8, 4) is 0 Å². The van der Waals surface area contributed by atoms with Crippen molar-refractivity contribution >= 4 is 21.9 Å². The maximum atomic E-state index is 5.35. The van der Waals surface area contributed by atoms with Crippen molar-refractivity contribution in [3.63, 3.8) is 0 Å². The van der Waals surface area contributed by atoms with Gasteiger partial charge in [0.15, 0.2) is 5.96 Å². The maximum Gasteiger partial charge on any atom is 0.185 e. The molecule has 0 spiro atoms. The molecule has 0 saturated heterocycles. The Morgan fingerprint density at radius 2 is 2.13 bits per heavy atom. The first-order valence-electron chi connectivity index (χ1n) is 4.94. The van der Waals surface area contributed by atoms with Crippen LogP contribution in [0.4, 0.5) is 0 Å². The topological polar surface area (TPSA) is 64.4 Å². The maximum absolute atomic E-state index is 5.35. The molecule has 0 unspecified atom stereocenters. The summed E-state index contributed by atoms with van der Waals surface area (Å²) in [5, 5.41) is 0. The van der Waals surface area contributed by atoms with Gasteiger partial charge in [0.2, 0.25) is 0 Å². The van der Waals surface area contributed by atoms with E-state index in [1.165, 1.54) is 18.4 Å². The third kappa shape index (κ3) is 2.31. The van der Waals surface area contributed by atoms with Gasteiger partial charge in [-0.05, 0) is 30.5 Å². The average Bonchev–Trinajstić information content (AvgIpc) is 2.96. The van der Waals surface area contributed by atoms with Crippen molar-refractivity contribution in [2.45, 2.75) is 18.3 Å². The molecule has 1 fully saturated rings. The Kier molecular flexibility index (Phi) is 2.69. The summed E-state index contributed by atoms with van der Waals surface area (Å²) >= 11 is 3.48. The van der Waals surface area contributed by atoms with E-state index < -0.39 is 0 Å². The second-order valence-corrected chi connectivity index (χ2v) is 4.95. The molecular formula is C11H14BrN3. The number of hydrogen-bond acceptors (Lipinski definition) is 1. The predicted molar refractivity (Wildman–Crippen MR) is 65.7 cm³/mol. The van der Waals surface area contributed by atoms with E-state index >= 15 is 0 Å². The number of rotatable bonds is 3. The smallest absolute Gasteiger partial charge is 0.185 e. The van der Waals surface area contributed by atoms with Crippen LogP contribution >= 0.6 is 15.9 Å². The zero-order chi connectivity index (χ0) is 10.9. The van der Waals surface area contributed by atoms with E-state index in [1.807, 2.05) is 6.07 Å². The molecular weight excluding hydrogens is 254 g/mol. The number of benzene rings is 1. The number of nitrogens with two attached hydrogens (primary N) is 2. The van der Waals surface area contributed by atoms with Crippen molar-refractivity contribution in [2.75, 3.05) is 6.54 Å². The molecule has 0 amide bonds. The lowest BCUT2D eigenvalue weighted by atomic mass is 9.96. The SMILES string of the molecule is NC(N)=NCC1(c2cccc(Br)c2)CC1. The molecule has 0 heterocycles. The number of guanidine groups is 1. The summed E-state index contributed by atoms with van der Waals surface area (Å²) < 4.78 is 1.11. The van der Waals surface area contributed by atoms with Crippen LogP contribution in [0.2, 0.25) is 0 Å². The number of hydrogen-bond donors (Lipinski definition) is 2. The Bertz CT molecular complexity index is 393. The van der Waals surface area contributed by atoms with Gasteiger partial charge in [0, 0.05) is 9.89 Å². The fourth-order valence-electron chi connectivity index (χ4n) is 1.75. The standard InChI is InChI=1S/C11H14BrN3/c12-9-3-1-2-8(6-9)11(4-5-11)7-15-10(13)14/h1-3,6H,4-5,7H2,(H4,13,14,15). The van der Waals surface area contributed by atoms with E-state index in [0.717, 1.165) is 4.47 Å². The van der Waals surface area contributed by atoms with Gasteiger partial charge >= 0.3 is 0 Å². The molecule has 0 aliphatic heterocycles. The molecule has 1 aromatic rings. The van der Waals surface area contributed by atoms with Crippen molar-refractivity contribution in [1.29, 1.82) is 0 Å². The Labute approximate surface area is 97.7 Å². The molecule has 1 aromatic carbocycles. The van der Waals surface area contributed by atoms with Gasteiger partial charge in [-0.25, -0.2) is 0 Å². The lowest BCUT2D eigenvalue weighted by Crippen LogP contribution is -2.25. The van der Waals surface area contributed by atoms with Crippen LogP contribution < -0.4 is 11.5 Å². The summed E-state index contributed by atoms with van der Waals surface area (Å²) in [6.45, 7) is 0.700. The average molecular weight is 268 g/mol. The van der Waals surface area contributed by atoms with Gasteiger partial charge in [-0.2, -0.15) is 0 Å². The highest BCUT2D eigenvalue weighted by Crippen LogP contribution is 2.48. The van der Waals surface area contributed by atoms with E-state index in [9.17, 15) is 0 Å². The highest BCUT2D eigenvalue weighted by molar-refractivity contribution is 9.10. The van der Waals surface area contributed by atoms with Gasteiger partial charge in [-0.15, -0.1) is 0 Å². The fourth-order valence-corrected chi connectivity index (χ4v) is 2.15. The zero-order valence-corrected chi connectivity index (χ0v) is 10.00. The van der Waals surface area contributed by atoms with Crippen LogP contribution in [-0.2, 0) is 5.41 Å². The van der Waals surface area contributed by atoms with E-state index in [-0.39, 0.29) is 11.4 Å². The highest BCUT2D eigenvalue weighted by Gasteiger charge is 2.44. The monoisotopic (exact) mass is 267 g/mol. The molecule has 80 valence electrons. The Morgan fingerprint density at radius 1 is 1.40 bits per heavy atom. The zero-order valence-electron chi connectivity index (χ0n) is 8.41. The molecule has 2 rings (SSSR count). The minimum Gasteiger partial charge on any atom is -0.370 e. The molecule has 4 N–H and O–H groups in total. The van der Waals surface area contributed by atoms with Crippen LogP contribution in [0.1, 0.15) is 18.4 Å². The second kappa shape index (κ2) is 3.85. The molecule has 0 radical (unpaired) electrons. The van der Waals surface area contributed by atoms with Crippen molar-refractivity contribution < 1.29 is 0 Å². The lowest BCUT2D eigenvalue weighted by Gasteiger charge is -2.13. The quantitative estimate of drug-likeness (QED) is 0.648. The molecule has 0 aromatic heterocycles. The van der Waals surface area contributed by atoms with E-state index in [0.29, 0.717) is 6.54 Å². The van der Waals surface area contributed by atoms with Gasteiger partial charge < -0.3 is 11.5 Å². The van der Waals surface area contributed by atoms with Crippen LogP contribution in [0.25, 0.3) is 0 Å². The molecule has 1 aliphatic carbocycles. The summed E-state index contributed by atoms with van der Waals surface area (Å²) in [6.07, 6.45) is 2.33. The minimum absolute atomic E-state index is 0.177. The van der Waals surface area contributed by atoms with Gasteiger partial charge in [-0.3, -0.25) is 4.99 Å². The van der Waals surface area contributed by atoms with Crippen LogP contribution in [-0.4, -0.2) is 12.5 Å². The minimum atomic E-state index is 0.177. The first-order valence-corrected chi connectivity index (χ1v) is 5.73. The number of halogens is 1. The van der Waals surface area contributed by atoms with Gasteiger partial charge in [-0.1, -0.05) is 28.1 Å². The third-order valence-corrected chi connectivity index (χ3v) is 3.35. The van der Waals surface area contributed by atoms with E-state index in [2.05, 4.69) is 39.1 Å². The third-order valence-electron chi connectivity index (χ3n) is 2.85. The number of aliphatic imine (C=N–C) groups is 1. The van der Waals surface area contributed by atoms with Crippen LogP contribution in [0.15, 0.2) is 33.7 Å². The lowest BCUT2D eigenvalue weighted by molar-refractivity contribution is 0.704. The normalized spacial score (nSPS) is 17.1. The fraction of sp³-hybridized carbons (Fsp3) is 0.364. The van der Waals surface area contributed by atoms with E-state index in [1.54, 1.807) is 0 Å². The summed E-state index contributed by atoms with van der Waals surface area (Å²) in [5.41, 5.74) is 12.2. The first kappa shape index (κ1) is 10.5. The highest BCUT2D eigenvalue weighted by atomic mass is 79.9.